The zero-order valence-electron chi connectivity index (χ0n) is 21.9. The lowest BCUT2D eigenvalue weighted by Crippen LogP contribution is -2.46. The van der Waals surface area contributed by atoms with E-state index in [1.165, 1.54) is 31.2 Å². The van der Waals surface area contributed by atoms with E-state index in [2.05, 4.69) is 15.2 Å². The van der Waals surface area contributed by atoms with Crippen LogP contribution in [0.5, 0.6) is 0 Å². The van der Waals surface area contributed by atoms with Gasteiger partial charge in [0.05, 0.1) is 43.0 Å². The van der Waals surface area contributed by atoms with Crippen LogP contribution >= 0.6 is 0 Å². The van der Waals surface area contributed by atoms with Crippen LogP contribution in [-0.4, -0.2) is 58.5 Å². The van der Waals surface area contributed by atoms with Crippen LogP contribution in [0.2, 0.25) is 0 Å². The number of ether oxygens (including phenoxy) is 2. The second-order valence-corrected chi connectivity index (χ2v) is 9.76. The van der Waals surface area contributed by atoms with Crippen LogP contribution in [-0.2, 0) is 34.9 Å². The van der Waals surface area contributed by atoms with Gasteiger partial charge in [-0.25, -0.2) is 9.37 Å². The minimum atomic E-state index is -4.99. The molecule has 3 atom stereocenters. The van der Waals surface area contributed by atoms with Crippen LogP contribution in [0, 0.1) is 5.82 Å². The Bertz CT molecular complexity index is 1250. The second kappa shape index (κ2) is 11.8. The molecule has 218 valence electrons. The van der Waals surface area contributed by atoms with E-state index in [0.29, 0.717) is 42.4 Å². The molecule has 2 unspecified atom stereocenters. The van der Waals surface area contributed by atoms with Gasteiger partial charge in [-0.2, -0.15) is 31.4 Å². The maximum absolute atomic E-state index is 13.7. The standard InChI is InChI=1S/C26H28F7N5O2/c1-15(17-10-18(25(28,29)30)12-19(11-17)26(31,32)33)40-24-23(16-4-6-20(27)7-5-16)38(8-9-39-24)14-22-34-21(35-36-22)13-37(2)3/h4-7,10-12,15,23-24H,8-9,13-14H2,1-3H3,(H,34,35,36)/t15-,23?,24?/m1/s1. The monoisotopic (exact) mass is 575 g/mol. The summed E-state index contributed by atoms with van der Waals surface area (Å²) in [5.41, 5.74) is -2.62. The molecule has 7 nitrogen and oxygen atoms in total. The molecule has 1 aliphatic rings. The number of benzene rings is 2. The Balaban J connectivity index is 1.64. The van der Waals surface area contributed by atoms with Crippen molar-refractivity contribution >= 4 is 0 Å². The van der Waals surface area contributed by atoms with Gasteiger partial charge in [0.1, 0.15) is 11.6 Å². The summed E-state index contributed by atoms with van der Waals surface area (Å²) >= 11 is 0. The first kappa shape index (κ1) is 29.9. The molecule has 3 aromatic rings. The Morgan fingerprint density at radius 1 is 1.05 bits per heavy atom. The first-order valence-electron chi connectivity index (χ1n) is 12.3. The van der Waals surface area contributed by atoms with Gasteiger partial charge >= 0.3 is 12.4 Å². The first-order valence-corrected chi connectivity index (χ1v) is 12.3. The van der Waals surface area contributed by atoms with Crippen molar-refractivity contribution in [3.8, 4) is 0 Å². The fourth-order valence-electron chi connectivity index (χ4n) is 4.46. The number of hydrogen-bond acceptors (Lipinski definition) is 6. The number of rotatable bonds is 8. The molecule has 40 heavy (non-hydrogen) atoms. The normalized spacial score (nSPS) is 19.8. The number of aromatic nitrogens is 3. The molecule has 0 bridgehead atoms. The van der Waals surface area contributed by atoms with Crippen molar-refractivity contribution in [2.45, 2.75) is 50.8 Å². The van der Waals surface area contributed by atoms with Crippen molar-refractivity contribution in [3.05, 3.63) is 82.2 Å². The predicted octanol–water partition coefficient (Wildman–Crippen LogP) is 5.72. The minimum Gasteiger partial charge on any atom is -0.349 e. The highest BCUT2D eigenvalue weighted by molar-refractivity contribution is 5.34. The van der Waals surface area contributed by atoms with Crippen molar-refractivity contribution in [2.75, 3.05) is 27.2 Å². The number of H-pyrrole nitrogens is 1. The van der Waals surface area contributed by atoms with Gasteiger partial charge in [-0.1, -0.05) is 12.1 Å². The van der Waals surface area contributed by atoms with Crippen LogP contribution in [0.1, 0.15) is 53.0 Å². The summed E-state index contributed by atoms with van der Waals surface area (Å²) < 4.78 is 106. The third kappa shape index (κ3) is 7.36. The van der Waals surface area contributed by atoms with E-state index in [9.17, 15) is 30.7 Å². The molecule has 1 fully saturated rings. The molecule has 0 amide bonds. The van der Waals surface area contributed by atoms with E-state index in [1.807, 2.05) is 23.9 Å². The Morgan fingerprint density at radius 2 is 1.68 bits per heavy atom. The summed E-state index contributed by atoms with van der Waals surface area (Å²) in [4.78, 5) is 8.29. The average Bonchev–Trinajstić information content (AvgIpc) is 3.29. The lowest BCUT2D eigenvalue weighted by Gasteiger charge is -2.41. The number of nitrogens with zero attached hydrogens (tertiary/aromatic N) is 4. The molecule has 2 heterocycles. The number of nitrogens with one attached hydrogen (secondary N) is 1. The summed E-state index contributed by atoms with van der Waals surface area (Å²) in [6.45, 7) is 2.64. The quantitative estimate of drug-likeness (QED) is 0.347. The fraction of sp³-hybridized carbons (Fsp3) is 0.462. The number of aromatic amines is 1. The predicted molar refractivity (Wildman–Crippen MR) is 129 cm³/mol. The number of alkyl halides is 6. The highest BCUT2D eigenvalue weighted by atomic mass is 19.4. The van der Waals surface area contributed by atoms with E-state index < -0.39 is 47.7 Å². The Labute approximate surface area is 225 Å². The number of halogens is 7. The lowest BCUT2D eigenvalue weighted by molar-refractivity contribution is -0.231. The molecule has 4 rings (SSSR count). The van der Waals surface area contributed by atoms with Crippen molar-refractivity contribution < 1.29 is 40.2 Å². The van der Waals surface area contributed by atoms with E-state index in [0.717, 1.165) is 0 Å². The van der Waals surface area contributed by atoms with Gasteiger partial charge in [-0.3, -0.25) is 10.00 Å². The fourth-order valence-corrected chi connectivity index (χ4v) is 4.46. The summed E-state index contributed by atoms with van der Waals surface area (Å²) in [5.74, 6) is 0.618. The molecular formula is C26H28F7N5O2. The van der Waals surface area contributed by atoms with Gasteiger partial charge in [0.15, 0.2) is 12.1 Å². The highest BCUT2D eigenvalue weighted by Gasteiger charge is 2.39. The van der Waals surface area contributed by atoms with Crippen LogP contribution in [0.4, 0.5) is 30.7 Å². The van der Waals surface area contributed by atoms with Gasteiger partial charge in [-0.15, -0.1) is 0 Å². The van der Waals surface area contributed by atoms with Gasteiger partial charge in [0.2, 0.25) is 0 Å². The summed E-state index contributed by atoms with van der Waals surface area (Å²) in [7, 11) is 3.75. The number of hydrogen-bond donors (Lipinski definition) is 1. The minimum absolute atomic E-state index is 0.0673. The largest absolute Gasteiger partial charge is 0.416 e. The van der Waals surface area contributed by atoms with Gasteiger partial charge in [-0.05, 0) is 62.5 Å². The molecule has 1 aliphatic heterocycles. The van der Waals surface area contributed by atoms with E-state index >= 15 is 0 Å². The van der Waals surface area contributed by atoms with E-state index in [-0.39, 0.29) is 24.8 Å². The van der Waals surface area contributed by atoms with E-state index in [1.54, 1.807) is 0 Å². The average molecular weight is 576 g/mol. The maximum atomic E-state index is 13.7. The molecule has 0 spiro atoms. The number of morpholine rings is 1. The van der Waals surface area contributed by atoms with Crippen LogP contribution in [0.15, 0.2) is 42.5 Å². The second-order valence-electron chi connectivity index (χ2n) is 9.76. The zero-order valence-corrected chi connectivity index (χ0v) is 21.9. The Kier molecular flexibility index (Phi) is 8.83. The third-order valence-corrected chi connectivity index (χ3v) is 6.33. The lowest BCUT2D eigenvalue weighted by atomic mass is 10.0. The summed E-state index contributed by atoms with van der Waals surface area (Å²) in [6.07, 6.45) is -12.3. The van der Waals surface area contributed by atoms with Crippen molar-refractivity contribution in [1.82, 2.24) is 25.0 Å². The van der Waals surface area contributed by atoms with E-state index in [4.69, 9.17) is 9.47 Å². The Hall–Kier alpha value is -3.07. The van der Waals surface area contributed by atoms with Crippen molar-refractivity contribution in [2.24, 2.45) is 0 Å². The van der Waals surface area contributed by atoms with Crippen molar-refractivity contribution in [3.63, 3.8) is 0 Å². The zero-order chi connectivity index (χ0) is 29.2. The van der Waals surface area contributed by atoms with Gasteiger partial charge in [0, 0.05) is 6.54 Å². The molecule has 0 aliphatic carbocycles. The van der Waals surface area contributed by atoms with Crippen LogP contribution in [0.25, 0.3) is 0 Å². The summed E-state index contributed by atoms with van der Waals surface area (Å²) in [6, 6.07) is 6.16. The molecule has 0 saturated carbocycles. The van der Waals surface area contributed by atoms with Gasteiger partial charge < -0.3 is 14.4 Å². The van der Waals surface area contributed by atoms with Crippen molar-refractivity contribution in [1.29, 1.82) is 0 Å². The first-order chi connectivity index (χ1) is 18.7. The maximum Gasteiger partial charge on any atom is 0.416 e. The SMILES string of the molecule is C[C@@H](OC1OCCN(Cc2n[nH]c(CN(C)C)n2)C1c1ccc(F)cc1)c1cc(C(F)(F)F)cc(C(F)(F)F)c1. The molecule has 2 aromatic carbocycles. The molecule has 1 saturated heterocycles. The Morgan fingerprint density at radius 3 is 2.25 bits per heavy atom. The molecule has 1 N–H and O–H groups in total. The molecule has 1 aromatic heterocycles. The molecule has 0 radical (unpaired) electrons. The molecule has 14 heteroatoms. The van der Waals surface area contributed by atoms with Crippen LogP contribution < -0.4 is 0 Å². The molecular weight excluding hydrogens is 547 g/mol. The smallest absolute Gasteiger partial charge is 0.349 e. The topological polar surface area (TPSA) is 66.5 Å². The summed E-state index contributed by atoms with van der Waals surface area (Å²) in [5, 5.41) is 7.11. The van der Waals surface area contributed by atoms with Gasteiger partial charge in [0.25, 0.3) is 0 Å². The highest BCUT2D eigenvalue weighted by Crippen LogP contribution is 2.39. The van der Waals surface area contributed by atoms with Crippen LogP contribution in [0.3, 0.4) is 0 Å². The third-order valence-electron chi connectivity index (χ3n) is 6.33.